The molecule has 0 radical (unpaired) electrons. The first-order valence-corrected chi connectivity index (χ1v) is 6.24. The Hall–Kier alpha value is -1.87. The number of rotatable bonds is 3. The molecule has 0 aliphatic heterocycles. The van der Waals surface area contributed by atoms with Crippen LogP contribution in [0.15, 0.2) is 42.6 Å². The number of aliphatic hydroxyl groups excluding tert-OH is 1. The van der Waals surface area contributed by atoms with Crippen LogP contribution in [-0.2, 0) is 0 Å². The van der Waals surface area contributed by atoms with Gasteiger partial charge in [-0.2, -0.15) is 0 Å². The minimum absolute atomic E-state index is 0.391. The van der Waals surface area contributed by atoms with Crippen LogP contribution in [0.1, 0.15) is 41.6 Å². The van der Waals surface area contributed by atoms with E-state index < -0.39 is 6.10 Å². The van der Waals surface area contributed by atoms with Gasteiger partial charge in [0.25, 0.3) is 0 Å². The van der Waals surface area contributed by atoms with Crippen molar-refractivity contribution in [3.63, 3.8) is 0 Å². The number of nitrogen functional groups attached to an aromatic ring is 1. The number of nitrogens with zero attached hydrogens (tertiary/aromatic N) is 1. The van der Waals surface area contributed by atoms with Crippen molar-refractivity contribution in [1.29, 1.82) is 0 Å². The summed E-state index contributed by atoms with van der Waals surface area (Å²) < 4.78 is 0. The second kappa shape index (κ2) is 4.42. The summed E-state index contributed by atoms with van der Waals surface area (Å²) in [6.07, 6.45) is 3.45. The van der Waals surface area contributed by atoms with Crippen molar-refractivity contribution >= 4 is 5.82 Å². The predicted molar refractivity (Wildman–Crippen MR) is 71.1 cm³/mol. The summed E-state index contributed by atoms with van der Waals surface area (Å²) in [5.74, 6) is 1.07. The van der Waals surface area contributed by atoms with Crippen LogP contribution in [-0.4, -0.2) is 10.1 Å². The van der Waals surface area contributed by atoms with E-state index in [2.05, 4.69) is 17.1 Å². The molecule has 0 bridgehead atoms. The Kier molecular flexibility index (Phi) is 2.76. The highest BCUT2D eigenvalue weighted by Crippen LogP contribution is 2.41. The number of nitrogens with two attached hydrogens (primary N) is 1. The van der Waals surface area contributed by atoms with E-state index in [4.69, 9.17) is 5.73 Å². The predicted octanol–water partition coefficient (Wildman–Crippen LogP) is 2.62. The molecule has 3 heteroatoms. The van der Waals surface area contributed by atoms with Crippen LogP contribution in [0.3, 0.4) is 0 Å². The van der Waals surface area contributed by atoms with Gasteiger partial charge in [0, 0.05) is 11.8 Å². The van der Waals surface area contributed by atoms with E-state index in [0.717, 1.165) is 5.56 Å². The minimum Gasteiger partial charge on any atom is -0.384 e. The molecule has 0 amide bonds. The van der Waals surface area contributed by atoms with Crippen molar-refractivity contribution in [3.8, 4) is 0 Å². The molecule has 1 heterocycles. The highest BCUT2D eigenvalue weighted by molar-refractivity contribution is 5.45. The first kappa shape index (κ1) is 11.2. The second-order valence-corrected chi connectivity index (χ2v) is 4.82. The van der Waals surface area contributed by atoms with Gasteiger partial charge in [-0.25, -0.2) is 4.98 Å². The van der Waals surface area contributed by atoms with Crippen molar-refractivity contribution in [1.82, 2.24) is 4.98 Å². The Balaban J connectivity index is 1.94. The maximum absolute atomic E-state index is 10.4. The highest BCUT2D eigenvalue weighted by atomic mass is 16.3. The summed E-state index contributed by atoms with van der Waals surface area (Å²) in [7, 11) is 0. The van der Waals surface area contributed by atoms with Gasteiger partial charge in [0.15, 0.2) is 0 Å². The molecule has 0 spiro atoms. The Morgan fingerprint density at radius 3 is 2.78 bits per heavy atom. The third-order valence-corrected chi connectivity index (χ3v) is 3.44. The lowest BCUT2D eigenvalue weighted by atomic mass is 9.99. The molecule has 1 aromatic carbocycles. The van der Waals surface area contributed by atoms with Crippen LogP contribution in [0.2, 0.25) is 0 Å². The van der Waals surface area contributed by atoms with Crippen LogP contribution in [0.4, 0.5) is 5.82 Å². The standard InChI is InChI=1S/C15H16N2O/c16-15-13(5-2-8-17-15)14(18)12-4-1-3-11(9-12)10-6-7-10/h1-5,8-10,14,18H,6-7H2,(H2,16,17). The summed E-state index contributed by atoms with van der Waals surface area (Å²) in [4.78, 5) is 4.01. The minimum atomic E-state index is -0.697. The quantitative estimate of drug-likeness (QED) is 0.867. The number of anilines is 1. The van der Waals surface area contributed by atoms with Gasteiger partial charge >= 0.3 is 0 Å². The van der Waals surface area contributed by atoms with Gasteiger partial charge in [-0.05, 0) is 36.0 Å². The summed E-state index contributed by atoms with van der Waals surface area (Å²) >= 11 is 0. The van der Waals surface area contributed by atoms with Crippen LogP contribution in [0.5, 0.6) is 0 Å². The van der Waals surface area contributed by atoms with Crippen molar-refractivity contribution in [2.75, 3.05) is 5.73 Å². The molecule has 1 atom stereocenters. The van der Waals surface area contributed by atoms with Gasteiger partial charge in [0.1, 0.15) is 11.9 Å². The number of hydrogen-bond acceptors (Lipinski definition) is 3. The van der Waals surface area contributed by atoms with Gasteiger partial charge < -0.3 is 10.8 Å². The normalized spacial score (nSPS) is 16.5. The average molecular weight is 240 g/mol. The molecular weight excluding hydrogens is 224 g/mol. The Labute approximate surface area is 106 Å². The lowest BCUT2D eigenvalue weighted by Gasteiger charge is -2.14. The molecule has 1 aliphatic carbocycles. The molecule has 2 aromatic rings. The fourth-order valence-electron chi connectivity index (χ4n) is 2.24. The van der Waals surface area contributed by atoms with Crippen LogP contribution in [0.25, 0.3) is 0 Å². The van der Waals surface area contributed by atoms with Gasteiger partial charge in [0.2, 0.25) is 0 Å². The van der Waals surface area contributed by atoms with Crippen LogP contribution >= 0.6 is 0 Å². The fourth-order valence-corrected chi connectivity index (χ4v) is 2.24. The number of benzene rings is 1. The molecule has 1 aliphatic rings. The third-order valence-electron chi connectivity index (χ3n) is 3.44. The molecule has 1 unspecified atom stereocenters. The first-order valence-electron chi connectivity index (χ1n) is 6.24. The molecule has 18 heavy (non-hydrogen) atoms. The van der Waals surface area contributed by atoms with E-state index in [1.54, 1.807) is 12.3 Å². The Morgan fingerprint density at radius 1 is 1.22 bits per heavy atom. The largest absolute Gasteiger partial charge is 0.384 e. The maximum atomic E-state index is 10.4. The average Bonchev–Trinajstić information content (AvgIpc) is 3.23. The number of hydrogen-bond donors (Lipinski definition) is 2. The summed E-state index contributed by atoms with van der Waals surface area (Å²) in [6.45, 7) is 0. The van der Waals surface area contributed by atoms with Gasteiger partial charge in [-0.15, -0.1) is 0 Å². The highest BCUT2D eigenvalue weighted by Gasteiger charge is 2.24. The zero-order chi connectivity index (χ0) is 12.5. The maximum Gasteiger partial charge on any atom is 0.129 e. The van der Waals surface area contributed by atoms with E-state index in [1.807, 2.05) is 18.2 Å². The number of aromatic nitrogens is 1. The second-order valence-electron chi connectivity index (χ2n) is 4.82. The molecule has 0 saturated heterocycles. The Bertz CT molecular complexity index is 564. The molecule has 1 saturated carbocycles. The van der Waals surface area contributed by atoms with Gasteiger partial charge in [-0.1, -0.05) is 30.3 Å². The van der Waals surface area contributed by atoms with E-state index in [0.29, 0.717) is 17.3 Å². The number of pyridine rings is 1. The summed E-state index contributed by atoms with van der Waals surface area (Å²) in [6, 6.07) is 11.7. The van der Waals surface area contributed by atoms with E-state index in [9.17, 15) is 5.11 Å². The SMILES string of the molecule is Nc1ncccc1C(O)c1cccc(C2CC2)c1. The zero-order valence-electron chi connectivity index (χ0n) is 10.1. The van der Waals surface area contributed by atoms with Crippen molar-refractivity contribution in [2.24, 2.45) is 0 Å². The molecule has 92 valence electrons. The van der Waals surface area contributed by atoms with Crippen molar-refractivity contribution in [2.45, 2.75) is 24.9 Å². The van der Waals surface area contributed by atoms with Crippen molar-refractivity contribution < 1.29 is 5.11 Å². The topological polar surface area (TPSA) is 59.1 Å². The Morgan fingerprint density at radius 2 is 2.06 bits per heavy atom. The van der Waals surface area contributed by atoms with E-state index in [-0.39, 0.29) is 0 Å². The van der Waals surface area contributed by atoms with Gasteiger partial charge in [-0.3, -0.25) is 0 Å². The van der Waals surface area contributed by atoms with Crippen LogP contribution in [0, 0.1) is 0 Å². The summed E-state index contributed by atoms with van der Waals surface area (Å²) in [5.41, 5.74) is 8.67. The van der Waals surface area contributed by atoms with E-state index >= 15 is 0 Å². The number of aliphatic hydroxyl groups is 1. The third kappa shape index (κ3) is 2.09. The van der Waals surface area contributed by atoms with Crippen LogP contribution < -0.4 is 5.73 Å². The molecule has 3 N–H and O–H groups in total. The lowest BCUT2D eigenvalue weighted by Crippen LogP contribution is -2.05. The van der Waals surface area contributed by atoms with E-state index in [1.165, 1.54) is 18.4 Å². The molecule has 3 nitrogen and oxygen atoms in total. The zero-order valence-corrected chi connectivity index (χ0v) is 10.1. The monoisotopic (exact) mass is 240 g/mol. The summed E-state index contributed by atoms with van der Waals surface area (Å²) in [5, 5.41) is 10.4. The molecule has 3 rings (SSSR count). The fraction of sp³-hybridized carbons (Fsp3) is 0.267. The smallest absolute Gasteiger partial charge is 0.129 e. The molecular formula is C15H16N2O. The first-order chi connectivity index (χ1) is 8.75. The molecule has 1 aromatic heterocycles. The van der Waals surface area contributed by atoms with Gasteiger partial charge in [0.05, 0.1) is 0 Å². The molecule has 1 fully saturated rings. The lowest BCUT2D eigenvalue weighted by molar-refractivity contribution is 0.220. The van der Waals surface area contributed by atoms with Crippen molar-refractivity contribution in [3.05, 3.63) is 59.3 Å².